The van der Waals surface area contributed by atoms with E-state index in [1.165, 1.54) is 11.2 Å². The zero-order valence-corrected chi connectivity index (χ0v) is 45.6. The second-order valence-corrected chi connectivity index (χ2v) is 22.8. The summed E-state index contributed by atoms with van der Waals surface area (Å²) in [5, 5.41) is 21.0. The van der Waals surface area contributed by atoms with Crippen LogP contribution in [0.3, 0.4) is 0 Å². The van der Waals surface area contributed by atoms with Crippen molar-refractivity contribution in [1.29, 1.82) is 0 Å². The monoisotopic (exact) mass is 1060 g/mol. The Morgan fingerprint density at radius 2 is 1.03 bits per heavy atom. The van der Waals surface area contributed by atoms with Gasteiger partial charge in [-0.05, 0) is 72.6 Å². The molecule has 2 saturated heterocycles. The van der Waals surface area contributed by atoms with Crippen molar-refractivity contribution in [3.8, 4) is 0 Å². The normalized spacial score (nSPS) is 24.8. The average Bonchev–Trinajstić information content (AvgIpc) is 4.06. The molecule has 76 heavy (non-hydrogen) atoms. The van der Waals surface area contributed by atoms with Gasteiger partial charge >= 0.3 is 0 Å². The molecule has 2 aliphatic rings. The Balaban J connectivity index is 1.46. The number of para-hydroxylation sites is 1. The van der Waals surface area contributed by atoms with Crippen LogP contribution in [0.5, 0.6) is 0 Å². The van der Waals surface area contributed by atoms with Crippen LogP contribution in [0.25, 0.3) is 10.9 Å². The summed E-state index contributed by atoms with van der Waals surface area (Å²) >= 11 is 0. The highest BCUT2D eigenvalue weighted by Crippen LogP contribution is 2.23. The predicted molar refractivity (Wildman–Crippen MR) is 292 cm³/mol. The SMILES string of the molecule is CC[C@H](C)[C@@H]1NC(=O)[C@H](Cc2c[nH]c3ccccc23)NC(=O)[C@H](Cc2ccccc2)NC(=O)[C@H](Cc2ccccc2)NC(=O)[C@@H]2CCCN2C(=O)[C@H](CC(C)C)NC(=O)[C@H](CC(C)C)NC(=O)[C@H](CC[S@@](C)=O)NC1=O. The van der Waals surface area contributed by atoms with E-state index in [9.17, 15) is 42.6 Å². The van der Waals surface area contributed by atoms with Gasteiger partial charge in [0.2, 0.25) is 47.3 Å². The van der Waals surface area contributed by atoms with E-state index >= 15 is 0 Å². The Labute approximate surface area is 448 Å². The van der Waals surface area contributed by atoms with Crippen molar-refractivity contribution in [3.05, 3.63) is 108 Å². The van der Waals surface area contributed by atoms with Crippen molar-refractivity contribution in [1.82, 2.24) is 47.1 Å². The number of amides is 8. The van der Waals surface area contributed by atoms with Gasteiger partial charge in [0.25, 0.3) is 0 Å². The van der Waals surface area contributed by atoms with E-state index < -0.39 is 112 Å². The summed E-state index contributed by atoms with van der Waals surface area (Å²) in [5.74, 6) is -6.01. The van der Waals surface area contributed by atoms with Crippen LogP contribution in [-0.4, -0.2) is 128 Å². The van der Waals surface area contributed by atoms with Crippen LogP contribution in [0.4, 0.5) is 0 Å². The van der Waals surface area contributed by atoms with E-state index in [2.05, 4.69) is 42.2 Å². The molecular formula is C57H77N9O9S. The smallest absolute Gasteiger partial charge is 0.245 e. The number of nitrogens with zero attached hydrogens (tertiary/aromatic N) is 1. The first kappa shape index (κ1) is 58.4. The summed E-state index contributed by atoms with van der Waals surface area (Å²) in [4.78, 5) is 122. The molecule has 19 heteroatoms. The average molecular weight is 1060 g/mol. The molecular weight excluding hydrogens is 987 g/mol. The van der Waals surface area contributed by atoms with Crippen LogP contribution < -0.4 is 37.2 Å². The molecule has 410 valence electrons. The van der Waals surface area contributed by atoms with Crippen LogP contribution >= 0.6 is 0 Å². The van der Waals surface area contributed by atoms with Gasteiger partial charge in [0, 0.05) is 65.7 Å². The van der Waals surface area contributed by atoms with E-state index in [-0.39, 0.29) is 69.1 Å². The van der Waals surface area contributed by atoms with E-state index in [0.717, 1.165) is 10.9 Å². The van der Waals surface area contributed by atoms with Crippen LogP contribution in [0.1, 0.15) is 96.8 Å². The maximum absolute atomic E-state index is 15.0. The Morgan fingerprint density at radius 3 is 1.61 bits per heavy atom. The van der Waals surface area contributed by atoms with Gasteiger partial charge in [-0.3, -0.25) is 42.6 Å². The maximum atomic E-state index is 15.0. The highest BCUT2D eigenvalue weighted by Gasteiger charge is 2.41. The molecule has 0 bridgehead atoms. The second kappa shape index (κ2) is 27.8. The number of aromatic amines is 1. The molecule has 0 unspecified atom stereocenters. The minimum Gasteiger partial charge on any atom is -0.361 e. The molecule has 8 N–H and O–H groups in total. The summed E-state index contributed by atoms with van der Waals surface area (Å²) < 4.78 is 12.5. The lowest BCUT2D eigenvalue weighted by Gasteiger charge is -2.32. The molecule has 10 atom stereocenters. The Kier molecular flexibility index (Phi) is 21.3. The van der Waals surface area contributed by atoms with Gasteiger partial charge in [0.1, 0.15) is 48.3 Å². The number of nitrogens with one attached hydrogen (secondary N) is 8. The number of benzene rings is 3. The first-order chi connectivity index (χ1) is 36.3. The Hall–Kier alpha value is -6.89. The maximum Gasteiger partial charge on any atom is 0.245 e. The molecule has 3 aromatic carbocycles. The van der Waals surface area contributed by atoms with Gasteiger partial charge in [0.15, 0.2) is 0 Å². The highest BCUT2D eigenvalue weighted by atomic mass is 32.2. The fourth-order valence-electron chi connectivity index (χ4n) is 9.87. The molecule has 6 rings (SSSR count). The predicted octanol–water partition coefficient (Wildman–Crippen LogP) is 3.50. The molecule has 8 amide bonds. The third kappa shape index (κ3) is 16.3. The van der Waals surface area contributed by atoms with Crippen molar-refractivity contribution < 1.29 is 42.6 Å². The van der Waals surface area contributed by atoms with Crippen molar-refractivity contribution >= 4 is 69.0 Å². The van der Waals surface area contributed by atoms with Crippen molar-refractivity contribution in [2.45, 2.75) is 148 Å². The highest BCUT2D eigenvalue weighted by molar-refractivity contribution is 7.84. The second-order valence-electron chi connectivity index (χ2n) is 21.2. The van der Waals surface area contributed by atoms with E-state index in [4.69, 9.17) is 0 Å². The third-order valence-electron chi connectivity index (χ3n) is 14.2. The standard InChI is InChI=1S/C57H77N9O9S/c1-8-36(6)49-56(73)59-42(25-27-76(7)75)50(67)60-43(28-34(2)3)51(68)64-47(29-35(4)5)57(74)66-26-17-24-48(66)55(72)63-45(31-38-20-13-10-14-21-38)53(70)61-44(30-37-18-11-9-12-19-37)52(69)62-46(54(71)65-49)32-39-33-58-41-23-16-15-22-40(39)41/h9-16,18-23,33-36,42-49,58H,8,17,24-32H2,1-7H3,(H,59,73)(H,60,67)(H,61,70)(H,62,69)(H,63,72)(H,64,68)(H,65,71)/t36-,42-,43-,44-,45-,46-,47-,48-,49-,76+/m0/s1. The lowest BCUT2D eigenvalue weighted by molar-refractivity contribution is -0.143. The van der Waals surface area contributed by atoms with Gasteiger partial charge < -0.3 is 47.1 Å². The number of H-pyrrole nitrogens is 1. The lowest BCUT2D eigenvalue weighted by Crippen LogP contribution is -2.62. The zero-order chi connectivity index (χ0) is 55.1. The van der Waals surface area contributed by atoms with Gasteiger partial charge in [-0.15, -0.1) is 0 Å². The quantitative estimate of drug-likeness (QED) is 0.0866. The first-order valence-corrected chi connectivity index (χ1v) is 28.4. The first-order valence-electron chi connectivity index (χ1n) is 26.7. The largest absolute Gasteiger partial charge is 0.361 e. The molecule has 2 fully saturated rings. The van der Waals surface area contributed by atoms with Crippen LogP contribution in [0.2, 0.25) is 0 Å². The molecule has 3 heterocycles. The molecule has 0 saturated carbocycles. The molecule has 2 aliphatic heterocycles. The lowest BCUT2D eigenvalue weighted by atomic mass is 9.96. The number of fused-ring (bicyclic) bond motifs is 2. The van der Waals surface area contributed by atoms with Gasteiger partial charge in [-0.25, -0.2) is 0 Å². The van der Waals surface area contributed by atoms with E-state index in [0.29, 0.717) is 29.5 Å². The van der Waals surface area contributed by atoms with Crippen LogP contribution in [0, 0.1) is 17.8 Å². The summed E-state index contributed by atoms with van der Waals surface area (Å²) in [6.45, 7) is 11.3. The number of carbonyl (C=O) groups excluding carboxylic acids is 8. The van der Waals surface area contributed by atoms with Gasteiger partial charge in [-0.2, -0.15) is 0 Å². The van der Waals surface area contributed by atoms with E-state index in [1.54, 1.807) is 49.5 Å². The van der Waals surface area contributed by atoms with Gasteiger partial charge in [0.05, 0.1) is 0 Å². The minimum atomic E-state index is -1.39. The minimum absolute atomic E-state index is 0.0123. The molecule has 1 aromatic heterocycles. The molecule has 18 nitrogen and oxygen atoms in total. The number of hydrogen-bond donors (Lipinski definition) is 8. The summed E-state index contributed by atoms with van der Waals surface area (Å²) in [6.07, 6.45) is 4.61. The zero-order valence-electron chi connectivity index (χ0n) is 44.8. The van der Waals surface area contributed by atoms with E-state index in [1.807, 2.05) is 83.1 Å². The fraction of sp³-hybridized carbons (Fsp3) is 0.509. The molecule has 0 aliphatic carbocycles. The number of hydrogen-bond acceptors (Lipinski definition) is 9. The van der Waals surface area contributed by atoms with Crippen LogP contribution in [0.15, 0.2) is 91.1 Å². The van der Waals surface area contributed by atoms with Crippen molar-refractivity contribution in [2.75, 3.05) is 18.6 Å². The van der Waals surface area contributed by atoms with Crippen molar-refractivity contribution in [3.63, 3.8) is 0 Å². The van der Waals surface area contributed by atoms with Gasteiger partial charge in [-0.1, -0.05) is 127 Å². The molecule has 4 aromatic rings. The Morgan fingerprint density at radius 1 is 0.553 bits per heavy atom. The number of carbonyl (C=O) groups is 8. The summed E-state index contributed by atoms with van der Waals surface area (Å²) in [7, 11) is -1.39. The van der Waals surface area contributed by atoms with Crippen molar-refractivity contribution in [2.24, 2.45) is 17.8 Å². The summed E-state index contributed by atoms with van der Waals surface area (Å²) in [5.41, 5.74) is 2.87. The third-order valence-corrected chi connectivity index (χ3v) is 15.0. The van der Waals surface area contributed by atoms with Crippen LogP contribution in [-0.2, 0) is 68.4 Å². The number of rotatable bonds is 15. The fourth-order valence-corrected chi connectivity index (χ4v) is 10.4. The Bertz CT molecular complexity index is 2680. The number of aromatic nitrogens is 1. The molecule has 0 radical (unpaired) electrons. The summed E-state index contributed by atoms with van der Waals surface area (Å²) in [6, 6.07) is 15.8. The molecule has 0 spiro atoms. The topological polar surface area (TPSA) is 257 Å².